The summed E-state index contributed by atoms with van der Waals surface area (Å²) < 4.78 is 49.3. The summed E-state index contributed by atoms with van der Waals surface area (Å²) in [5, 5.41) is 4.12. The van der Waals surface area contributed by atoms with Crippen molar-refractivity contribution < 1.29 is 22.4 Å². The predicted octanol–water partition coefficient (Wildman–Crippen LogP) is 2.31. The number of hydrogen-bond acceptors (Lipinski definition) is 8. The first-order valence-electron chi connectivity index (χ1n) is 10.6. The van der Waals surface area contributed by atoms with Gasteiger partial charge in [-0.05, 0) is 36.1 Å². The molecular formula is C21H18F3N7O3. The summed E-state index contributed by atoms with van der Waals surface area (Å²) in [4.78, 5) is 27.6. The maximum atomic E-state index is 12.7. The van der Waals surface area contributed by atoms with Gasteiger partial charge in [0, 0.05) is 31.7 Å². The van der Waals surface area contributed by atoms with Crippen molar-refractivity contribution in [2.75, 3.05) is 18.0 Å². The van der Waals surface area contributed by atoms with E-state index in [-0.39, 0.29) is 23.8 Å². The van der Waals surface area contributed by atoms with Crippen LogP contribution in [-0.4, -0.2) is 48.7 Å². The van der Waals surface area contributed by atoms with Gasteiger partial charge in [0.25, 0.3) is 5.56 Å². The average Bonchev–Trinajstić information content (AvgIpc) is 3.19. The van der Waals surface area contributed by atoms with Crippen LogP contribution in [0, 0.1) is 11.8 Å². The highest BCUT2D eigenvalue weighted by molar-refractivity contribution is 5.68. The van der Waals surface area contributed by atoms with E-state index in [1.165, 1.54) is 29.4 Å². The molecule has 3 atom stereocenters. The van der Waals surface area contributed by atoms with Crippen LogP contribution in [0.4, 0.5) is 18.9 Å². The topological polar surface area (TPSA) is 104 Å². The van der Waals surface area contributed by atoms with Gasteiger partial charge in [-0.3, -0.25) is 9.36 Å². The second-order valence-corrected chi connectivity index (χ2v) is 8.55. The highest BCUT2D eigenvalue weighted by atomic mass is 19.4. The molecule has 10 nitrogen and oxygen atoms in total. The molecule has 6 rings (SSSR count). The van der Waals surface area contributed by atoms with Crippen molar-refractivity contribution in [3.63, 3.8) is 0 Å². The zero-order valence-electron chi connectivity index (χ0n) is 17.8. The van der Waals surface area contributed by atoms with Crippen LogP contribution in [0.5, 0.6) is 5.75 Å². The standard InChI is InChI=1S/C21H18F3N7O3/c1-29-9-25-19-17(29)20(32)31(10-26-19)8-15-27-18(28-34-15)16-13-6-30(7-14(13)16)11-2-4-12(5-3-11)33-21(22,23)24/h2-5,9-10,13-14,16H,6-8H2,1H3/t13-,14+,16?. The highest BCUT2D eigenvalue weighted by Gasteiger charge is 2.58. The lowest BCUT2D eigenvalue weighted by Crippen LogP contribution is -2.24. The number of aryl methyl sites for hydroxylation is 1. The molecule has 1 unspecified atom stereocenters. The first-order valence-corrected chi connectivity index (χ1v) is 10.6. The Kier molecular flexibility index (Phi) is 4.44. The quantitative estimate of drug-likeness (QED) is 0.435. The van der Waals surface area contributed by atoms with E-state index < -0.39 is 6.36 Å². The number of ether oxygens (including phenoxy) is 1. The number of hydrogen-bond donors (Lipinski definition) is 0. The lowest BCUT2D eigenvalue weighted by Gasteiger charge is -2.21. The second-order valence-electron chi connectivity index (χ2n) is 8.55. The molecule has 0 radical (unpaired) electrons. The number of halogens is 3. The van der Waals surface area contributed by atoms with Crippen molar-refractivity contribution in [2.45, 2.75) is 18.8 Å². The summed E-state index contributed by atoms with van der Waals surface area (Å²) in [6.07, 6.45) is -1.76. The van der Waals surface area contributed by atoms with E-state index in [0.717, 1.165) is 18.8 Å². The Balaban J connectivity index is 1.10. The SMILES string of the molecule is Cn1cnc2ncn(Cc3nc(C4[C@H]5CN(c6ccc(OC(F)(F)F)cc6)C[C@@H]45)no3)c(=O)c21. The third kappa shape index (κ3) is 3.56. The molecule has 3 aromatic heterocycles. The minimum atomic E-state index is -4.71. The Morgan fingerprint density at radius 2 is 1.82 bits per heavy atom. The molecule has 0 amide bonds. The number of alkyl halides is 3. The number of anilines is 1. The number of nitrogens with zero attached hydrogens (tertiary/aromatic N) is 7. The van der Waals surface area contributed by atoms with Gasteiger partial charge in [0.1, 0.15) is 18.6 Å². The molecule has 1 saturated heterocycles. The van der Waals surface area contributed by atoms with Crippen molar-refractivity contribution in [3.05, 3.63) is 59.0 Å². The maximum absolute atomic E-state index is 12.7. The molecule has 13 heteroatoms. The lowest BCUT2D eigenvalue weighted by atomic mass is 10.2. The van der Waals surface area contributed by atoms with Crippen LogP contribution in [0.3, 0.4) is 0 Å². The Morgan fingerprint density at radius 3 is 2.53 bits per heavy atom. The molecule has 0 spiro atoms. The van der Waals surface area contributed by atoms with Gasteiger partial charge < -0.3 is 18.7 Å². The fraction of sp³-hybridized carbons (Fsp3) is 0.381. The van der Waals surface area contributed by atoms with Crippen LogP contribution >= 0.6 is 0 Å². The monoisotopic (exact) mass is 473 g/mol. The molecule has 2 fully saturated rings. The third-order valence-corrected chi connectivity index (χ3v) is 6.42. The summed E-state index contributed by atoms with van der Waals surface area (Å²) >= 11 is 0. The fourth-order valence-electron chi connectivity index (χ4n) is 4.78. The second kappa shape index (κ2) is 7.30. The Morgan fingerprint density at radius 1 is 1.12 bits per heavy atom. The smallest absolute Gasteiger partial charge is 0.406 e. The molecule has 1 aromatic carbocycles. The van der Waals surface area contributed by atoms with Gasteiger partial charge in [0.2, 0.25) is 5.89 Å². The predicted molar refractivity (Wildman–Crippen MR) is 111 cm³/mol. The van der Waals surface area contributed by atoms with Gasteiger partial charge in [0.15, 0.2) is 17.0 Å². The van der Waals surface area contributed by atoms with E-state index in [9.17, 15) is 18.0 Å². The first-order chi connectivity index (χ1) is 16.3. The number of imidazole rings is 1. The van der Waals surface area contributed by atoms with Crippen LogP contribution in [0.25, 0.3) is 11.2 Å². The van der Waals surface area contributed by atoms with Crippen molar-refractivity contribution in [2.24, 2.45) is 18.9 Å². The highest BCUT2D eigenvalue weighted by Crippen LogP contribution is 2.58. The Hall–Kier alpha value is -3.90. The largest absolute Gasteiger partial charge is 0.573 e. The molecule has 1 aliphatic heterocycles. The summed E-state index contributed by atoms with van der Waals surface area (Å²) in [5.41, 5.74) is 1.38. The van der Waals surface area contributed by atoms with E-state index in [4.69, 9.17) is 4.52 Å². The summed E-state index contributed by atoms with van der Waals surface area (Å²) in [6, 6.07) is 5.88. The summed E-state index contributed by atoms with van der Waals surface area (Å²) in [6.45, 7) is 1.61. The number of aromatic nitrogens is 6. The fourth-order valence-corrected chi connectivity index (χ4v) is 4.78. The van der Waals surface area contributed by atoms with Gasteiger partial charge >= 0.3 is 6.36 Å². The lowest BCUT2D eigenvalue weighted by molar-refractivity contribution is -0.274. The van der Waals surface area contributed by atoms with Gasteiger partial charge in [-0.1, -0.05) is 5.16 Å². The Labute approximate surface area is 189 Å². The molecular weight excluding hydrogens is 455 g/mol. The van der Waals surface area contributed by atoms with E-state index >= 15 is 0 Å². The number of fused-ring (bicyclic) bond motifs is 2. The minimum absolute atomic E-state index is 0.112. The number of piperidine rings is 1. The normalized spacial score (nSPS) is 21.8. The van der Waals surface area contributed by atoms with Crippen LogP contribution in [0.15, 0.2) is 46.2 Å². The first kappa shape index (κ1) is 20.7. The molecule has 4 heterocycles. The molecule has 34 heavy (non-hydrogen) atoms. The van der Waals surface area contributed by atoms with E-state index in [1.807, 2.05) is 0 Å². The number of rotatable bonds is 5. The molecule has 0 bridgehead atoms. The summed E-state index contributed by atoms with van der Waals surface area (Å²) in [7, 11) is 1.73. The zero-order chi connectivity index (χ0) is 23.6. The molecule has 0 N–H and O–H groups in total. The van der Waals surface area contributed by atoms with Crippen LogP contribution in [0.2, 0.25) is 0 Å². The molecule has 2 aliphatic rings. The summed E-state index contributed by atoms with van der Waals surface area (Å²) in [5.74, 6) is 1.54. The van der Waals surface area contributed by atoms with Gasteiger partial charge in [0.05, 0.1) is 6.33 Å². The van der Waals surface area contributed by atoms with Crippen molar-refractivity contribution in [1.82, 2.24) is 29.2 Å². The van der Waals surface area contributed by atoms with Crippen molar-refractivity contribution in [1.29, 1.82) is 0 Å². The van der Waals surface area contributed by atoms with Gasteiger partial charge in [-0.2, -0.15) is 4.98 Å². The van der Waals surface area contributed by atoms with Crippen molar-refractivity contribution in [3.8, 4) is 5.75 Å². The number of benzene rings is 1. The molecule has 176 valence electrons. The average molecular weight is 473 g/mol. The minimum Gasteiger partial charge on any atom is -0.406 e. The van der Waals surface area contributed by atoms with Gasteiger partial charge in [-0.25, -0.2) is 9.97 Å². The molecule has 1 saturated carbocycles. The van der Waals surface area contributed by atoms with E-state index in [1.54, 1.807) is 23.7 Å². The van der Waals surface area contributed by atoms with Crippen LogP contribution in [-0.2, 0) is 13.6 Å². The zero-order valence-corrected chi connectivity index (χ0v) is 17.8. The maximum Gasteiger partial charge on any atom is 0.573 e. The van der Waals surface area contributed by atoms with E-state index in [2.05, 4.69) is 29.7 Å². The van der Waals surface area contributed by atoms with E-state index in [0.29, 0.717) is 34.7 Å². The van der Waals surface area contributed by atoms with Crippen molar-refractivity contribution >= 4 is 16.9 Å². The van der Waals surface area contributed by atoms with Crippen LogP contribution in [0.1, 0.15) is 17.6 Å². The molecule has 4 aromatic rings. The van der Waals surface area contributed by atoms with Crippen LogP contribution < -0.4 is 15.2 Å². The third-order valence-electron chi connectivity index (χ3n) is 6.42. The Bertz CT molecular complexity index is 1410. The molecule has 1 aliphatic carbocycles. The van der Waals surface area contributed by atoms with Gasteiger partial charge in [-0.15, -0.1) is 13.2 Å².